The van der Waals surface area contributed by atoms with Crippen molar-refractivity contribution in [2.24, 2.45) is 0 Å². The number of anilines is 1. The highest BCUT2D eigenvalue weighted by atomic mass is 16.1. The lowest BCUT2D eigenvalue weighted by Gasteiger charge is -2.32. The molecule has 1 aliphatic rings. The van der Waals surface area contributed by atoms with Gasteiger partial charge in [0.1, 0.15) is 5.82 Å². The number of hydrogen-bond acceptors (Lipinski definition) is 4. The molecule has 0 unspecified atom stereocenters. The molecule has 0 saturated carbocycles. The predicted octanol–water partition coefficient (Wildman–Crippen LogP) is 3.01. The maximum Gasteiger partial charge on any atom is 0.225 e. The van der Waals surface area contributed by atoms with Gasteiger partial charge in [-0.05, 0) is 30.9 Å². The van der Waals surface area contributed by atoms with Crippen LogP contribution in [0.5, 0.6) is 0 Å². The number of nitrogens with zero attached hydrogens (tertiary/aromatic N) is 4. The molecule has 146 valence electrons. The number of aromatic nitrogens is 4. The molecule has 3 aromatic rings. The lowest BCUT2D eigenvalue weighted by Crippen LogP contribution is -2.35. The molecule has 0 spiro atoms. The molecular formula is C21H26N6O. The average Bonchev–Trinajstić information content (AvgIpc) is 3.40. The Balaban J connectivity index is 1.28. The molecule has 28 heavy (non-hydrogen) atoms. The summed E-state index contributed by atoms with van der Waals surface area (Å²) in [6.07, 6.45) is 6.80. The Kier molecular flexibility index (Phi) is 5.82. The first kappa shape index (κ1) is 18.4. The summed E-state index contributed by atoms with van der Waals surface area (Å²) in [6, 6.07) is 14.3. The van der Waals surface area contributed by atoms with Crippen LogP contribution in [0.25, 0.3) is 0 Å². The van der Waals surface area contributed by atoms with Gasteiger partial charge in [-0.1, -0.05) is 30.3 Å². The summed E-state index contributed by atoms with van der Waals surface area (Å²) in [5, 5.41) is 14.6. The molecule has 1 aliphatic heterocycles. The minimum atomic E-state index is 0.0299. The number of hydrogen-bond donors (Lipinski definition) is 2. The molecule has 0 atom stereocenters. The zero-order chi connectivity index (χ0) is 19.2. The molecule has 2 aromatic heterocycles. The third kappa shape index (κ3) is 4.67. The first-order valence-electron chi connectivity index (χ1n) is 9.86. The zero-order valence-corrected chi connectivity index (χ0v) is 15.9. The molecule has 0 bridgehead atoms. The fourth-order valence-electron chi connectivity index (χ4n) is 3.75. The largest absolute Gasteiger partial charge is 0.311 e. The Morgan fingerprint density at radius 1 is 1.11 bits per heavy atom. The van der Waals surface area contributed by atoms with Gasteiger partial charge in [0, 0.05) is 44.0 Å². The van der Waals surface area contributed by atoms with Crippen molar-refractivity contribution in [2.75, 3.05) is 18.4 Å². The number of rotatable bonds is 7. The normalized spacial score (nSPS) is 15.6. The number of amides is 1. The quantitative estimate of drug-likeness (QED) is 0.662. The van der Waals surface area contributed by atoms with Crippen LogP contribution in [-0.4, -0.2) is 43.9 Å². The topological polar surface area (TPSA) is 78.8 Å². The van der Waals surface area contributed by atoms with E-state index in [1.54, 1.807) is 12.4 Å². The van der Waals surface area contributed by atoms with Crippen LogP contribution < -0.4 is 5.32 Å². The third-order valence-corrected chi connectivity index (χ3v) is 5.28. The number of aromatic amines is 1. The maximum absolute atomic E-state index is 12.4. The number of aryl methyl sites for hydroxylation is 1. The SMILES string of the molecule is O=C(CCc1ccccc1)Nc1ccnn1C1CCN(Cc2ccn[nH]2)CC1. The molecule has 7 heteroatoms. The smallest absolute Gasteiger partial charge is 0.225 e. The van der Waals surface area contributed by atoms with Crippen molar-refractivity contribution >= 4 is 11.7 Å². The van der Waals surface area contributed by atoms with Gasteiger partial charge in [-0.25, -0.2) is 4.68 Å². The molecule has 3 heterocycles. The Hall–Kier alpha value is -2.93. The second kappa shape index (κ2) is 8.84. The number of H-pyrrole nitrogens is 1. The molecule has 1 aromatic carbocycles. The van der Waals surface area contributed by atoms with Crippen LogP contribution in [0.2, 0.25) is 0 Å². The van der Waals surface area contributed by atoms with Gasteiger partial charge in [0.15, 0.2) is 0 Å². The van der Waals surface area contributed by atoms with Crippen molar-refractivity contribution < 1.29 is 4.79 Å². The highest BCUT2D eigenvalue weighted by Gasteiger charge is 2.23. The van der Waals surface area contributed by atoms with Crippen LogP contribution in [0.3, 0.4) is 0 Å². The summed E-state index contributed by atoms with van der Waals surface area (Å²) in [5.74, 6) is 0.826. The second-order valence-corrected chi connectivity index (χ2v) is 7.28. The summed E-state index contributed by atoms with van der Waals surface area (Å²) in [6.45, 7) is 2.91. The molecule has 1 saturated heterocycles. The van der Waals surface area contributed by atoms with Crippen LogP contribution in [0.1, 0.15) is 36.6 Å². The van der Waals surface area contributed by atoms with E-state index in [1.807, 2.05) is 35.0 Å². The van der Waals surface area contributed by atoms with Gasteiger partial charge in [-0.2, -0.15) is 10.2 Å². The summed E-state index contributed by atoms with van der Waals surface area (Å²) >= 11 is 0. The van der Waals surface area contributed by atoms with Crippen molar-refractivity contribution in [1.82, 2.24) is 24.9 Å². The van der Waals surface area contributed by atoms with Crippen molar-refractivity contribution in [3.63, 3.8) is 0 Å². The average molecular weight is 378 g/mol. The second-order valence-electron chi connectivity index (χ2n) is 7.28. The van der Waals surface area contributed by atoms with Crippen molar-refractivity contribution in [2.45, 2.75) is 38.3 Å². The van der Waals surface area contributed by atoms with Gasteiger partial charge >= 0.3 is 0 Å². The van der Waals surface area contributed by atoms with Gasteiger partial charge in [-0.3, -0.25) is 14.8 Å². The number of likely N-dealkylation sites (tertiary alicyclic amines) is 1. The summed E-state index contributed by atoms with van der Waals surface area (Å²) < 4.78 is 1.98. The van der Waals surface area contributed by atoms with Crippen molar-refractivity contribution in [1.29, 1.82) is 0 Å². The Labute approximate surface area is 164 Å². The molecule has 1 fully saturated rings. The van der Waals surface area contributed by atoms with Gasteiger partial charge in [0.05, 0.1) is 12.2 Å². The lowest BCUT2D eigenvalue weighted by molar-refractivity contribution is -0.116. The zero-order valence-electron chi connectivity index (χ0n) is 15.9. The Morgan fingerprint density at radius 2 is 1.93 bits per heavy atom. The Morgan fingerprint density at radius 3 is 2.68 bits per heavy atom. The van der Waals surface area contributed by atoms with Crippen LogP contribution >= 0.6 is 0 Å². The fraction of sp³-hybridized carbons (Fsp3) is 0.381. The number of benzene rings is 1. The first-order chi connectivity index (χ1) is 13.8. The van der Waals surface area contributed by atoms with E-state index in [0.29, 0.717) is 12.5 Å². The van der Waals surface area contributed by atoms with Gasteiger partial charge in [-0.15, -0.1) is 0 Å². The molecule has 0 radical (unpaired) electrons. The number of piperidine rings is 1. The third-order valence-electron chi connectivity index (χ3n) is 5.28. The molecular weight excluding hydrogens is 352 g/mol. The van der Waals surface area contributed by atoms with Gasteiger partial charge in [0.25, 0.3) is 0 Å². The fourth-order valence-corrected chi connectivity index (χ4v) is 3.75. The highest BCUT2D eigenvalue weighted by molar-refractivity contribution is 5.89. The maximum atomic E-state index is 12.4. The summed E-state index contributed by atoms with van der Waals surface area (Å²) in [5.41, 5.74) is 2.32. The van der Waals surface area contributed by atoms with E-state index in [0.717, 1.165) is 50.4 Å². The van der Waals surface area contributed by atoms with E-state index < -0.39 is 0 Å². The van der Waals surface area contributed by atoms with Crippen LogP contribution in [-0.2, 0) is 17.8 Å². The first-order valence-corrected chi connectivity index (χ1v) is 9.86. The van der Waals surface area contributed by atoms with E-state index in [1.165, 1.54) is 5.56 Å². The number of carbonyl (C=O) groups is 1. The summed E-state index contributed by atoms with van der Waals surface area (Å²) in [7, 11) is 0. The van der Waals surface area contributed by atoms with E-state index in [9.17, 15) is 4.79 Å². The molecule has 2 N–H and O–H groups in total. The minimum absolute atomic E-state index is 0.0299. The minimum Gasteiger partial charge on any atom is -0.311 e. The van der Waals surface area contributed by atoms with Crippen molar-refractivity contribution in [3.8, 4) is 0 Å². The van der Waals surface area contributed by atoms with Gasteiger partial charge < -0.3 is 5.32 Å². The van der Waals surface area contributed by atoms with Crippen LogP contribution in [0.4, 0.5) is 5.82 Å². The molecule has 1 amide bonds. The Bertz CT molecular complexity index is 865. The van der Waals surface area contributed by atoms with Crippen LogP contribution in [0.15, 0.2) is 54.9 Å². The molecule has 0 aliphatic carbocycles. The number of carbonyl (C=O) groups excluding carboxylic acids is 1. The standard InChI is InChI=1S/C21H26N6O/c28-21(7-6-17-4-2-1-3-5-17)24-20-9-13-23-27(20)19-10-14-26(15-11-19)16-18-8-12-22-25-18/h1-5,8-9,12-13,19H,6-7,10-11,14-16H2,(H,22,25)(H,24,28). The van der Waals surface area contributed by atoms with E-state index in [-0.39, 0.29) is 5.91 Å². The lowest BCUT2D eigenvalue weighted by atomic mass is 10.1. The van der Waals surface area contributed by atoms with E-state index in [2.05, 4.69) is 37.6 Å². The summed E-state index contributed by atoms with van der Waals surface area (Å²) in [4.78, 5) is 14.8. The van der Waals surface area contributed by atoms with Crippen LogP contribution in [0, 0.1) is 0 Å². The highest BCUT2D eigenvalue weighted by Crippen LogP contribution is 2.26. The monoisotopic (exact) mass is 378 g/mol. The van der Waals surface area contributed by atoms with E-state index in [4.69, 9.17) is 0 Å². The predicted molar refractivity (Wildman–Crippen MR) is 108 cm³/mol. The number of nitrogens with one attached hydrogen (secondary N) is 2. The van der Waals surface area contributed by atoms with Crippen molar-refractivity contribution in [3.05, 3.63) is 66.1 Å². The molecule has 4 rings (SSSR count). The van der Waals surface area contributed by atoms with Gasteiger partial charge in [0.2, 0.25) is 5.91 Å². The molecule has 7 nitrogen and oxygen atoms in total. The van der Waals surface area contributed by atoms with E-state index >= 15 is 0 Å².